The minimum Gasteiger partial charge on any atom is -0.467 e. The minimum absolute atomic E-state index is 0.114. The smallest absolute Gasteiger partial charge is 0.261 e. The highest BCUT2D eigenvalue weighted by atomic mass is 35.5. The molecule has 0 atom stereocenters. The maximum Gasteiger partial charge on any atom is 0.261 e. The van der Waals surface area contributed by atoms with Gasteiger partial charge in [-0.15, -0.1) is 0 Å². The van der Waals surface area contributed by atoms with Crippen LogP contribution in [-0.4, -0.2) is 33.9 Å². The van der Waals surface area contributed by atoms with E-state index in [0.717, 1.165) is 59.5 Å². The van der Waals surface area contributed by atoms with Crippen LogP contribution in [0.4, 0.5) is 5.82 Å². The Balaban J connectivity index is 1.58. The molecule has 0 saturated carbocycles. The number of aromatic nitrogens is 2. The molecule has 1 aromatic carbocycles. The number of pyridine rings is 2. The molecule has 1 aliphatic rings. The molecule has 0 aliphatic carbocycles. The van der Waals surface area contributed by atoms with Gasteiger partial charge in [-0.25, -0.2) is 4.98 Å². The van der Waals surface area contributed by atoms with E-state index in [-0.39, 0.29) is 24.6 Å². The van der Waals surface area contributed by atoms with Gasteiger partial charge in [0.15, 0.2) is 0 Å². The lowest BCUT2D eigenvalue weighted by molar-refractivity contribution is 0.0716. The largest absolute Gasteiger partial charge is 0.467 e. The number of furan rings is 1. The number of anilines is 1. The number of nitrogens with one attached hydrogen (secondary N) is 1. The number of aromatic amines is 1. The number of aryl methyl sites for hydroxylation is 2. The standard InChI is InChI=1S/C27H27ClN4O3/c1-17-12-23(26(33)29-18(17)2)27(34)32(16-22-6-5-11-35-22)15-20-13-19-7-8-21(28)14-24(19)30-25(20)31-9-3-4-10-31/h5-8,11-14H,3-4,9-10,15-16H2,1-2H3,(H,29,33). The van der Waals surface area contributed by atoms with Gasteiger partial charge in [-0.1, -0.05) is 17.7 Å². The van der Waals surface area contributed by atoms with Crippen molar-refractivity contribution in [3.05, 3.63) is 92.2 Å². The number of nitrogens with zero attached hydrogens (tertiary/aromatic N) is 3. The second-order valence-electron chi connectivity index (χ2n) is 9.06. The summed E-state index contributed by atoms with van der Waals surface area (Å²) < 4.78 is 5.55. The van der Waals surface area contributed by atoms with E-state index in [4.69, 9.17) is 21.0 Å². The molecular formula is C27H27ClN4O3. The fourth-order valence-electron chi connectivity index (χ4n) is 4.54. The van der Waals surface area contributed by atoms with Gasteiger partial charge in [-0.05, 0) is 68.7 Å². The van der Waals surface area contributed by atoms with E-state index in [0.29, 0.717) is 10.8 Å². The van der Waals surface area contributed by atoms with Gasteiger partial charge in [0.25, 0.3) is 11.5 Å². The van der Waals surface area contributed by atoms with Crippen molar-refractivity contribution in [3.63, 3.8) is 0 Å². The maximum atomic E-state index is 13.7. The molecule has 8 heteroatoms. The fraction of sp³-hybridized carbons (Fsp3) is 0.296. The average molecular weight is 491 g/mol. The molecule has 35 heavy (non-hydrogen) atoms. The zero-order valence-corrected chi connectivity index (χ0v) is 20.6. The van der Waals surface area contributed by atoms with E-state index in [1.165, 1.54) is 0 Å². The first kappa shape index (κ1) is 23.2. The number of amides is 1. The number of halogens is 1. The lowest BCUT2D eigenvalue weighted by Crippen LogP contribution is -2.35. The third-order valence-electron chi connectivity index (χ3n) is 6.55. The molecule has 3 aromatic heterocycles. The molecule has 1 N–H and O–H groups in total. The average Bonchev–Trinajstić information content (AvgIpc) is 3.55. The van der Waals surface area contributed by atoms with Crippen LogP contribution in [0.25, 0.3) is 10.9 Å². The number of H-pyrrole nitrogens is 1. The first-order valence-electron chi connectivity index (χ1n) is 11.8. The highest BCUT2D eigenvalue weighted by Crippen LogP contribution is 2.29. The molecular weight excluding hydrogens is 464 g/mol. The molecule has 0 bridgehead atoms. The molecule has 180 valence electrons. The number of benzene rings is 1. The van der Waals surface area contributed by atoms with Gasteiger partial charge in [-0.3, -0.25) is 9.59 Å². The Labute approximate surface area is 208 Å². The zero-order valence-electron chi connectivity index (χ0n) is 19.8. The third kappa shape index (κ3) is 4.82. The van der Waals surface area contributed by atoms with Crippen LogP contribution < -0.4 is 10.5 Å². The van der Waals surface area contributed by atoms with Crippen molar-refractivity contribution >= 4 is 34.2 Å². The van der Waals surface area contributed by atoms with Crippen molar-refractivity contribution in [1.82, 2.24) is 14.9 Å². The van der Waals surface area contributed by atoms with Gasteiger partial charge in [0.2, 0.25) is 0 Å². The first-order valence-corrected chi connectivity index (χ1v) is 12.1. The molecule has 1 amide bonds. The van der Waals surface area contributed by atoms with E-state index in [9.17, 15) is 9.59 Å². The molecule has 4 aromatic rings. The molecule has 4 heterocycles. The molecule has 1 aliphatic heterocycles. The highest BCUT2D eigenvalue weighted by Gasteiger charge is 2.25. The van der Waals surface area contributed by atoms with Gasteiger partial charge in [0, 0.05) is 34.8 Å². The molecule has 7 nitrogen and oxygen atoms in total. The van der Waals surface area contributed by atoms with Crippen LogP contribution in [0.5, 0.6) is 0 Å². The summed E-state index contributed by atoms with van der Waals surface area (Å²) in [5.74, 6) is 1.14. The summed E-state index contributed by atoms with van der Waals surface area (Å²) in [7, 11) is 0. The number of carbonyl (C=O) groups excluding carboxylic acids is 1. The molecule has 1 fully saturated rings. The predicted molar refractivity (Wildman–Crippen MR) is 137 cm³/mol. The summed E-state index contributed by atoms with van der Waals surface area (Å²) in [6, 6.07) is 13.0. The van der Waals surface area contributed by atoms with E-state index in [1.807, 2.05) is 38.1 Å². The van der Waals surface area contributed by atoms with Crippen LogP contribution in [0.3, 0.4) is 0 Å². The van der Waals surface area contributed by atoms with Gasteiger partial charge in [0.1, 0.15) is 17.1 Å². The third-order valence-corrected chi connectivity index (χ3v) is 6.78. The quantitative estimate of drug-likeness (QED) is 0.400. The topological polar surface area (TPSA) is 82.4 Å². The van der Waals surface area contributed by atoms with E-state index >= 15 is 0 Å². The lowest BCUT2D eigenvalue weighted by Gasteiger charge is -2.26. The van der Waals surface area contributed by atoms with Gasteiger partial charge < -0.3 is 19.2 Å². The van der Waals surface area contributed by atoms with Crippen LogP contribution in [-0.2, 0) is 13.1 Å². The minimum atomic E-state index is -0.395. The summed E-state index contributed by atoms with van der Waals surface area (Å²) >= 11 is 6.23. The van der Waals surface area contributed by atoms with Crippen LogP contribution >= 0.6 is 11.6 Å². The van der Waals surface area contributed by atoms with Crippen molar-refractivity contribution in [1.29, 1.82) is 0 Å². The molecule has 0 unspecified atom stereocenters. The van der Waals surface area contributed by atoms with E-state index in [1.54, 1.807) is 23.3 Å². The molecule has 0 spiro atoms. The second kappa shape index (κ2) is 9.58. The molecule has 0 radical (unpaired) electrons. The Morgan fingerprint density at radius 3 is 2.69 bits per heavy atom. The van der Waals surface area contributed by atoms with Crippen molar-refractivity contribution < 1.29 is 9.21 Å². The summed E-state index contributed by atoms with van der Waals surface area (Å²) in [5, 5.41) is 1.58. The van der Waals surface area contributed by atoms with Gasteiger partial charge >= 0.3 is 0 Å². The fourth-order valence-corrected chi connectivity index (χ4v) is 4.71. The van der Waals surface area contributed by atoms with Crippen molar-refractivity contribution in [3.8, 4) is 0 Å². The monoisotopic (exact) mass is 490 g/mol. The van der Waals surface area contributed by atoms with E-state index in [2.05, 4.69) is 16.0 Å². The van der Waals surface area contributed by atoms with Crippen molar-refractivity contribution in [2.45, 2.75) is 39.8 Å². The SMILES string of the molecule is Cc1cc(C(=O)N(Cc2ccco2)Cc2cc3ccc(Cl)cc3nc2N2CCCC2)c(=O)[nH]c1C. The Kier molecular flexibility index (Phi) is 6.34. The summed E-state index contributed by atoms with van der Waals surface area (Å²) in [6.07, 6.45) is 3.78. The predicted octanol–water partition coefficient (Wildman–Crippen LogP) is 5.23. The van der Waals surface area contributed by atoms with Crippen LogP contribution in [0.2, 0.25) is 5.02 Å². The van der Waals surface area contributed by atoms with Gasteiger partial charge in [-0.2, -0.15) is 0 Å². The Bertz CT molecular complexity index is 1440. The van der Waals surface area contributed by atoms with Crippen molar-refractivity contribution in [2.75, 3.05) is 18.0 Å². The number of hydrogen-bond acceptors (Lipinski definition) is 5. The zero-order chi connectivity index (χ0) is 24.5. The summed E-state index contributed by atoms with van der Waals surface area (Å²) in [6.45, 7) is 6.04. The van der Waals surface area contributed by atoms with Crippen LogP contribution in [0.1, 0.15) is 45.8 Å². The Hall–Kier alpha value is -3.58. The molecule has 5 rings (SSSR count). The highest BCUT2D eigenvalue weighted by molar-refractivity contribution is 6.31. The summed E-state index contributed by atoms with van der Waals surface area (Å²) in [5.41, 5.74) is 3.06. The molecule has 1 saturated heterocycles. The summed E-state index contributed by atoms with van der Waals surface area (Å²) in [4.78, 5) is 38.1. The van der Waals surface area contributed by atoms with Crippen molar-refractivity contribution in [2.24, 2.45) is 0 Å². The Morgan fingerprint density at radius 1 is 1.14 bits per heavy atom. The number of fused-ring (bicyclic) bond motifs is 1. The number of hydrogen-bond donors (Lipinski definition) is 1. The Morgan fingerprint density at radius 2 is 1.94 bits per heavy atom. The van der Waals surface area contributed by atoms with Gasteiger partial charge in [0.05, 0.1) is 24.9 Å². The lowest BCUT2D eigenvalue weighted by atomic mass is 10.1. The normalized spacial score (nSPS) is 13.5. The second-order valence-corrected chi connectivity index (χ2v) is 9.50. The first-order chi connectivity index (χ1) is 16.9. The number of rotatable bonds is 6. The maximum absolute atomic E-state index is 13.7. The van der Waals surface area contributed by atoms with Crippen LogP contribution in [0, 0.1) is 13.8 Å². The van der Waals surface area contributed by atoms with Crippen LogP contribution in [0.15, 0.2) is 57.9 Å². The number of carbonyl (C=O) groups is 1. The van der Waals surface area contributed by atoms with E-state index < -0.39 is 5.56 Å².